The van der Waals surface area contributed by atoms with Gasteiger partial charge in [0.05, 0.1) is 12.7 Å². The highest BCUT2D eigenvalue weighted by molar-refractivity contribution is 5.91. The third-order valence-corrected chi connectivity index (χ3v) is 7.04. The molecule has 1 saturated heterocycles. The van der Waals surface area contributed by atoms with Crippen LogP contribution in [0, 0.1) is 0 Å². The van der Waals surface area contributed by atoms with Gasteiger partial charge in [-0.15, -0.1) is 0 Å². The van der Waals surface area contributed by atoms with Gasteiger partial charge in [-0.05, 0) is 76.5 Å². The summed E-state index contributed by atoms with van der Waals surface area (Å²) in [5.74, 6) is 1.42. The standard InChI is InChI=1S/C30H39NO5/c1-21-18-27(32)26(31(21)29(33)36-30(2,3)4)20-34-24-16-14-23(15-17-24)25-12-8-9-13-28(25)35-19-22-10-6-5-7-11-22/h5-13,21,23-24,26H,14-20H2,1-4H3/t21-,23?,24?,26?/m1/s1. The van der Waals surface area contributed by atoms with Gasteiger partial charge in [-0.2, -0.15) is 0 Å². The molecule has 36 heavy (non-hydrogen) atoms. The van der Waals surface area contributed by atoms with E-state index in [4.69, 9.17) is 14.2 Å². The molecule has 1 aliphatic carbocycles. The van der Waals surface area contributed by atoms with Crippen LogP contribution in [0.3, 0.4) is 0 Å². The summed E-state index contributed by atoms with van der Waals surface area (Å²) < 4.78 is 18.0. The van der Waals surface area contributed by atoms with Gasteiger partial charge in [0, 0.05) is 12.5 Å². The summed E-state index contributed by atoms with van der Waals surface area (Å²) in [5.41, 5.74) is 1.80. The Morgan fingerprint density at radius 3 is 2.33 bits per heavy atom. The van der Waals surface area contributed by atoms with Crippen molar-refractivity contribution in [3.8, 4) is 5.75 Å². The molecular weight excluding hydrogens is 454 g/mol. The number of benzene rings is 2. The number of amides is 1. The third-order valence-electron chi connectivity index (χ3n) is 7.04. The van der Waals surface area contributed by atoms with Gasteiger partial charge in [-0.25, -0.2) is 4.79 Å². The first kappa shape index (κ1) is 26.2. The Morgan fingerprint density at radius 2 is 1.64 bits per heavy atom. The zero-order valence-electron chi connectivity index (χ0n) is 21.9. The molecule has 0 spiro atoms. The van der Waals surface area contributed by atoms with E-state index in [0.29, 0.717) is 18.9 Å². The number of ether oxygens (including phenoxy) is 3. The number of carbonyl (C=O) groups excluding carboxylic acids is 2. The Bertz CT molecular complexity index is 1020. The van der Waals surface area contributed by atoms with Gasteiger partial charge in [-0.3, -0.25) is 9.69 Å². The van der Waals surface area contributed by atoms with Gasteiger partial charge in [0.15, 0.2) is 5.78 Å². The van der Waals surface area contributed by atoms with E-state index in [1.807, 2.05) is 52.0 Å². The van der Waals surface area contributed by atoms with Crippen LogP contribution in [0.4, 0.5) is 4.79 Å². The van der Waals surface area contributed by atoms with Crippen molar-refractivity contribution in [3.63, 3.8) is 0 Å². The number of rotatable bonds is 7. The fraction of sp³-hybridized carbons (Fsp3) is 0.533. The smallest absolute Gasteiger partial charge is 0.411 e. The lowest BCUT2D eigenvalue weighted by Crippen LogP contribution is -2.47. The number of ketones is 1. The van der Waals surface area contributed by atoms with Crippen molar-refractivity contribution in [2.75, 3.05) is 6.61 Å². The topological polar surface area (TPSA) is 65.1 Å². The first-order chi connectivity index (χ1) is 17.2. The zero-order valence-corrected chi connectivity index (χ0v) is 21.9. The Morgan fingerprint density at radius 1 is 0.972 bits per heavy atom. The molecule has 6 nitrogen and oxygen atoms in total. The molecule has 0 N–H and O–H groups in total. The van der Waals surface area contributed by atoms with E-state index in [1.54, 1.807) is 4.90 Å². The van der Waals surface area contributed by atoms with E-state index in [2.05, 4.69) is 30.3 Å². The predicted octanol–water partition coefficient (Wildman–Crippen LogP) is 6.28. The highest BCUT2D eigenvalue weighted by Crippen LogP contribution is 2.39. The van der Waals surface area contributed by atoms with Crippen molar-refractivity contribution in [1.82, 2.24) is 4.90 Å². The lowest BCUT2D eigenvalue weighted by molar-refractivity contribution is -0.122. The molecular formula is C30H39NO5. The molecule has 1 heterocycles. The van der Waals surface area contributed by atoms with Gasteiger partial charge in [0.1, 0.15) is 24.0 Å². The molecule has 0 aromatic heterocycles. The molecule has 1 amide bonds. The van der Waals surface area contributed by atoms with Crippen LogP contribution >= 0.6 is 0 Å². The minimum Gasteiger partial charge on any atom is -0.489 e. The second-order valence-corrected chi connectivity index (χ2v) is 11.0. The molecule has 1 aliphatic heterocycles. The van der Waals surface area contributed by atoms with Crippen LogP contribution in [0.25, 0.3) is 0 Å². The fourth-order valence-corrected chi connectivity index (χ4v) is 5.24. The molecule has 1 saturated carbocycles. The van der Waals surface area contributed by atoms with Gasteiger partial charge in [0.25, 0.3) is 0 Å². The number of para-hydroxylation sites is 1. The predicted molar refractivity (Wildman–Crippen MR) is 139 cm³/mol. The van der Waals surface area contributed by atoms with Crippen LogP contribution in [-0.2, 0) is 20.9 Å². The molecule has 0 bridgehead atoms. The number of carbonyl (C=O) groups is 2. The Kier molecular flexibility index (Phi) is 8.35. The van der Waals surface area contributed by atoms with Crippen LogP contribution in [0.1, 0.15) is 76.8 Å². The first-order valence-corrected chi connectivity index (χ1v) is 13.1. The van der Waals surface area contributed by atoms with Gasteiger partial charge in [0.2, 0.25) is 0 Å². The van der Waals surface area contributed by atoms with Crippen molar-refractivity contribution in [2.24, 2.45) is 0 Å². The number of likely N-dealkylation sites (tertiary alicyclic amines) is 1. The lowest BCUT2D eigenvalue weighted by atomic mass is 9.82. The molecule has 2 aliphatic rings. The van der Waals surface area contributed by atoms with E-state index in [0.717, 1.165) is 37.0 Å². The zero-order chi connectivity index (χ0) is 25.7. The number of Topliss-reactive ketones (excluding diaryl/α,β-unsaturated/α-hetero) is 1. The third kappa shape index (κ3) is 6.67. The molecule has 1 unspecified atom stereocenters. The maximum absolute atomic E-state index is 12.7. The van der Waals surface area contributed by atoms with Crippen molar-refractivity contribution in [3.05, 3.63) is 65.7 Å². The minimum atomic E-state index is -0.604. The van der Waals surface area contributed by atoms with Crippen molar-refractivity contribution in [2.45, 2.75) is 96.1 Å². The highest BCUT2D eigenvalue weighted by atomic mass is 16.6. The number of nitrogens with zero attached hydrogens (tertiary/aromatic N) is 1. The molecule has 0 radical (unpaired) electrons. The van der Waals surface area contributed by atoms with Gasteiger partial charge >= 0.3 is 6.09 Å². The van der Waals surface area contributed by atoms with Gasteiger partial charge < -0.3 is 14.2 Å². The average molecular weight is 494 g/mol. The van der Waals surface area contributed by atoms with Crippen molar-refractivity contribution in [1.29, 1.82) is 0 Å². The second kappa shape index (κ2) is 11.5. The Balaban J connectivity index is 1.30. The van der Waals surface area contributed by atoms with E-state index in [1.165, 1.54) is 5.56 Å². The molecule has 2 aromatic rings. The normalized spacial score (nSPS) is 24.6. The minimum absolute atomic E-state index is 0.0477. The quantitative estimate of drug-likeness (QED) is 0.454. The summed E-state index contributed by atoms with van der Waals surface area (Å²) in [6.45, 7) is 8.18. The van der Waals surface area contributed by atoms with Crippen LogP contribution in [0.2, 0.25) is 0 Å². The Labute approximate surface area is 214 Å². The van der Waals surface area contributed by atoms with Crippen LogP contribution in [0.15, 0.2) is 54.6 Å². The van der Waals surface area contributed by atoms with Crippen molar-refractivity contribution >= 4 is 11.9 Å². The summed E-state index contributed by atoms with van der Waals surface area (Å²) in [4.78, 5) is 26.9. The molecule has 2 atom stereocenters. The summed E-state index contributed by atoms with van der Waals surface area (Å²) in [6.07, 6.45) is 3.83. The van der Waals surface area contributed by atoms with Crippen LogP contribution in [-0.4, -0.2) is 47.2 Å². The molecule has 2 fully saturated rings. The molecule has 2 aromatic carbocycles. The number of hydrogen-bond acceptors (Lipinski definition) is 5. The summed E-state index contributed by atoms with van der Waals surface area (Å²) >= 11 is 0. The SMILES string of the molecule is C[C@@H]1CC(=O)C(COC2CCC(c3ccccc3OCc3ccccc3)CC2)N1C(=O)OC(C)(C)C. The molecule has 6 heteroatoms. The molecule has 194 valence electrons. The highest BCUT2D eigenvalue weighted by Gasteiger charge is 2.43. The number of hydrogen-bond donors (Lipinski definition) is 0. The maximum Gasteiger partial charge on any atom is 0.411 e. The summed E-state index contributed by atoms with van der Waals surface area (Å²) in [7, 11) is 0. The summed E-state index contributed by atoms with van der Waals surface area (Å²) in [6, 6.07) is 17.8. The van der Waals surface area contributed by atoms with E-state index in [-0.39, 0.29) is 24.5 Å². The Hall–Kier alpha value is -2.86. The first-order valence-electron chi connectivity index (χ1n) is 13.1. The largest absolute Gasteiger partial charge is 0.489 e. The van der Waals surface area contributed by atoms with Gasteiger partial charge in [-0.1, -0.05) is 48.5 Å². The molecule has 4 rings (SSSR count). The average Bonchev–Trinajstić information content (AvgIpc) is 3.14. The fourth-order valence-electron chi connectivity index (χ4n) is 5.24. The summed E-state index contributed by atoms with van der Waals surface area (Å²) in [5, 5.41) is 0. The second-order valence-electron chi connectivity index (χ2n) is 11.0. The van der Waals surface area contributed by atoms with Crippen molar-refractivity contribution < 1.29 is 23.8 Å². The van der Waals surface area contributed by atoms with E-state index < -0.39 is 17.7 Å². The van der Waals surface area contributed by atoms with Crippen LogP contribution < -0.4 is 4.74 Å². The van der Waals surface area contributed by atoms with E-state index >= 15 is 0 Å². The van der Waals surface area contributed by atoms with Crippen LogP contribution in [0.5, 0.6) is 5.75 Å². The monoisotopic (exact) mass is 493 g/mol. The lowest BCUT2D eigenvalue weighted by Gasteiger charge is -2.33. The van der Waals surface area contributed by atoms with E-state index in [9.17, 15) is 9.59 Å². The maximum atomic E-state index is 12.7.